The van der Waals surface area contributed by atoms with Gasteiger partial charge in [-0.3, -0.25) is 4.99 Å². The molecule has 1 rings (SSSR count). The van der Waals surface area contributed by atoms with Crippen LogP contribution in [0.25, 0.3) is 0 Å². The summed E-state index contributed by atoms with van der Waals surface area (Å²) in [5, 5.41) is 6.76. The third-order valence-corrected chi connectivity index (χ3v) is 4.84. The van der Waals surface area contributed by atoms with Crippen molar-refractivity contribution in [2.24, 2.45) is 10.9 Å². The Morgan fingerprint density at radius 3 is 2.41 bits per heavy atom. The summed E-state index contributed by atoms with van der Waals surface area (Å²) in [4.78, 5) is 6.63. The van der Waals surface area contributed by atoms with Crippen molar-refractivity contribution in [3.8, 4) is 11.5 Å². The number of benzene rings is 1. The number of methoxy groups -OCH3 is 1. The maximum absolute atomic E-state index is 5.92. The van der Waals surface area contributed by atoms with Crippen LogP contribution in [0.15, 0.2) is 23.2 Å². The normalized spacial score (nSPS) is 13.0. The SMILES string of the molecule is CCN(CC)CCOc1ccc(CNC(=NC)NC(C)C(C)C)cc1OC. The second-order valence-corrected chi connectivity index (χ2v) is 6.96. The summed E-state index contributed by atoms with van der Waals surface area (Å²) in [7, 11) is 3.46. The molecule has 0 spiro atoms. The van der Waals surface area contributed by atoms with Crippen molar-refractivity contribution in [2.45, 2.75) is 47.2 Å². The van der Waals surface area contributed by atoms with Crippen LogP contribution in [0.2, 0.25) is 0 Å². The van der Waals surface area contributed by atoms with Gasteiger partial charge in [-0.15, -0.1) is 0 Å². The minimum atomic E-state index is 0.354. The average molecular weight is 379 g/mol. The summed E-state index contributed by atoms with van der Waals surface area (Å²) in [6, 6.07) is 6.40. The molecule has 0 saturated heterocycles. The van der Waals surface area contributed by atoms with Crippen LogP contribution in [0, 0.1) is 5.92 Å². The molecule has 0 fully saturated rings. The molecule has 0 heterocycles. The van der Waals surface area contributed by atoms with Crippen molar-refractivity contribution in [3.05, 3.63) is 23.8 Å². The predicted octanol–water partition coefficient (Wildman–Crippen LogP) is 3.13. The molecule has 0 bridgehead atoms. The van der Waals surface area contributed by atoms with Gasteiger partial charge in [-0.2, -0.15) is 0 Å². The van der Waals surface area contributed by atoms with Crippen LogP contribution in [0.4, 0.5) is 0 Å². The fourth-order valence-electron chi connectivity index (χ4n) is 2.53. The summed E-state index contributed by atoms with van der Waals surface area (Å²) >= 11 is 0. The minimum Gasteiger partial charge on any atom is -0.493 e. The van der Waals surface area contributed by atoms with Gasteiger partial charge in [0.2, 0.25) is 0 Å². The molecule has 1 aromatic rings. The van der Waals surface area contributed by atoms with E-state index in [-0.39, 0.29) is 0 Å². The van der Waals surface area contributed by atoms with Crippen molar-refractivity contribution < 1.29 is 9.47 Å². The van der Waals surface area contributed by atoms with Crippen molar-refractivity contribution >= 4 is 5.96 Å². The summed E-state index contributed by atoms with van der Waals surface area (Å²) in [6.07, 6.45) is 0. The second kappa shape index (κ2) is 12.4. The predicted molar refractivity (Wildman–Crippen MR) is 114 cm³/mol. The first-order chi connectivity index (χ1) is 12.9. The summed E-state index contributed by atoms with van der Waals surface area (Å²) < 4.78 is 11.4. The fourth-order valence-corrected chi connectivity index (χ4v) is 2.53. The van der Waals surface area contributed by atoms with Gasteiger partial charge in [0, 0.05) is 26.2 Å². The van der Waals surface area contributed by atoms with Gasteiger partial charge in [-0.1, -0.05) is 33.8 Å². The van der Waals surface area contributed by atoms with Gasteiger partial charge in [0.15, 0.2) is 17.5 Å². The van der Waals surface area contributed by atoms with Gasteiger partial charge >= 0.3 is 0 Å². The van der Waals surface area contributed by atoms with Crippen molar-refractivity contribution in [1.29, 1.82) is 0 Å². The molecule has 6 heteroatoms. The number of hydrogen-bond acceptors (Lipinski definition) is 4. The molecule has 0 saturated carbocycles. The van der Waals surface area contributed by atoms with Crippen LogP contribution < -0.4 is 20.1 Å². The van der Waals surface area contributed by atoms with Crippen LogP contribution in [0.5, 0.6) is 11.5 Å². The lowest BCUT2D eigenvalue weighted by Gasteiger charge is -2.21. The third-order valence-electron chi connectivity index (χ3n) is 4.84. The molecule has 1 aromatic carbocycles. The van der Waals surface area contributed by atoms with E-state index in [4.69, 9.17) is 9.47 Å². The van der Waals surface area contributed by atoms with Crippen molar-refractivity contribution in [2.75, 3.05) is 40.4 Å². The maximum atomic E-state index is 5.92. The minimum absolute atomic E-state index is 0.354. The van der Waals surface area contributed by atoms with Crippen molar-refractivity contribution in [3.63, 3.8) is 0 Å². The third kappa shape index (κ3) is 8.08. The fraction of sp³-hybridized carbons (Fsp3) is 0.667. The van der Waals surface area contributed by atoms with E-state index in [9.17, 15) is 0 Å². The first-order valence-corrected chi connectivity index (χ1v) is 9.94. The molecular weight excluding hydrogens is 340 g/mol. The highest BCUT2D eigenvalue weighted by molar-refractivity contribution is 5.79. The zero-order chi connectivity index (χ0) is 20.2. The topological polar surface area (TPSA) is 58.1 Å². The molecule has 0 aliphatic rings. The molecular formula is C21H38N4O2. The number of ether oxygens (including phenoxy) is 2. The Balaban J connectivity index is 2.63. The molecule has 27 heavy (non-hydrogen) atoms. The lowest BCUT2D eigenvalue weighted by molar-refractivity contribution is 0.217. The molecule has 1 unspecified atom stereocenters. The lowest BCUT2D eigenvalue weighted by atomic mass is 10.1. The summed E-state index contributed by atoms with van der Waals surface area (Å²) in [6.45, 7) is 15.2. The zero-order valence-corrected chi connectivity index (χ0v) is 18.1. The van der Waals surface area contributed by atoms with E-state index in [1.54, 1.807) is 14.2 Å². The Bertz CT molecular complexity index is 571. The Morgan fingerprint density at radius 1 is 1.15 bits per heavy atom. The number of likely N-dealkylation sites (N-methyl/N-ethyl adjacent to an activating group) is 1. The largest absolute Gasteiger partial charge is 0.493 e. The number of guanidine groups is 1. The van der Waals surface area contributed by atoms with Crippen LogP contribution >= 0.6 is 0 Å². The Labute approximate surface area is 165 Å². The molecule has 2 N–H and O–H groups in total. The Kier molecular flexibility index (Phi) is 10.6. The van der Waals surface area contributed by atoms with E-state index in [1.807, 2.05) is 12.1 Å². The van der Waals surface area contributed by atoms with Crippen LogP contribution in [0.3, 0.4) is 0 Å². The Morgan fingerprint density at radius 2 is 1.85 bits per heavy atom. The number of aliphatic imine (C=N–C) groups is 1. The van der Waals surface area contributed by atoms with Gasteiger partial charge in [0.05, 0.1) is 7.11 Å². The second-order valence-electron chi connectivity index (χ2n) is 6.96. The number of rotatable bonds is 11. The molecule has 6 nitrogen and oxygen atoms in total. The van der Waals surface area contributed by atoms with Gasteiger partial charge in [-0.05, 0) is 43.6 Å². The van der Waals surface area contributed by atoms with Crippen LogP contribution in [0.1, 0.15) is 40.2 Å². The zero-order valence-electron chi connectivity index (χ0n) is 18.1. The van der Waals surface area contributed by atoms with E-state index in [0.717, 1.165) is 42.7 Å². The quantitative estimate of drug-likeness (QED) is 0.458. The number of hydrogen-bond donors (Lipinski definition) is 2. The van der Waals surface area contributed by atoms with Crippen LogP contribution in [-0.4, -0.2) is 57.3 Å². The first-order valence-electron chi connectivity index (χ1n) is 9.94. The lowest BCUT2D eigenvalue weighted by Crippen LogP contribution is -2.43. The molecule has 0 radical (unpaired) electrons. The first kappa shape index (κ1) is 23.1. The highest BCUT2D eigenvalue weighted by atomic mass is 16.5. The van der Waals surface area contributed by atoms with Gasteiger partial charge in [0.25, 0.3) is 0 Å². The van der Waals surface area contributed by atoms with Gasteiger partial charge in [0.1, 0.15) is 6.61 Å². The van der Waals surface area contributed by atoms with Crippen molar-refractivity contribution in [1.82, 2.24) is 15.5 Å². The highest BCUT2D eigenvalue weighted by Crippen LogP contribution is 2.28. The summed E-state index contributed by atoms with van der Waals surface area (Å²) in [5.74, 6) is 2.88. The summed E-state index contributed by atoms with van der Waals surface area (Å²) in [5.41, 5.74) is 1.11. The van der Waals surface area contributed by atoms with E-state index in [1.165, 1.54) is 0 Å². The molecule has 1 atom stereocenters. The molecule has 0 aliphatic carbocycles. The average Bonchev–Trinajstić information content (AvgIpc) is 2.68. The highest BCUT2D eigenvalue weighted by Gasteiger charge is 2.10. The van der Waals surface area contributed by atoms with E-state index in [0.29, 0.717) is 25.1 Å². The monoisotopic (exact) mass is 378 g/mol. The Hall–Kier alpha value is -1.95. The molecule has 154 valence electrons. The molecule has 0 aromatic heterocycles. The van der Waals surface area contributed by atoms with Gasteiger partial charge < -0.3 is 25.0 Å². The number of nitrogens with one attached hydrogen (secondary N) is 2. The standard InChI is InChI=1S/C21H38N4O2/c1-8-25(9-2)12-13-27-19-11-10-18(14-20(19)26-7)15-23-21(22-6)24-17(5)16(3)4/h10-11,14,16-17H,8-9,12-13,15H2,1-7H3,(H2,22,23,24). The number of nitrogens with zero attached hydrogens (tertiary/aromatic N) is 2. The molecule has 0 aliphatic heterocycles. The smallest absolute Gasteiger partial charge is 0.191 e. The van der Waals surface area contributed by atoms with E-state index < -0.39 is 0 Å². The van der Waals surface area contributed by atoms with Crippen LogP contribution in [-0.2, 0) is 6.54 Å². The van der Waals surface area contributed by atoms with E-state index >= 15 is 0 Å². The van der Waals surface area contributed by atoms with E-state index in [2.05, 4.69) is 61.2 Å². The van der Waals surface area contributed by atoms with Gasteiger partial charge in [-0.25, -0.2) is 0 Å². The maximum Gasteiger partial charge on any atom is 0.191 e. The molecule has 0 amide bonds.